The average molecular weight is 291 g/mol. The Kier molecular flexibility index (Phi) is 5.29. The zero-order chi connectivity index (χ0) is 14.4. The number of nitrogens with zero attached hydrogens (tertiary/aromatic N) is 3. The summed E-state index contributed by atoms with van der Waals surface area (Å²) in [5.74, 6) is 2.92. The van der Waals surface area contributed by atoms with E-state index in [1.165, 1.54) is 0 Å². The molecule has 5 nitrogen and oxygen atoms in total. The van der Waals surface area contributed by atoms with Crippen LogP contribution in [0.1, 0.15) is 38.2 Å². The lowest BCUT2D eigenvalue weighted by Gasteiger charge is -2.12. The number of anilines is 2. The fourth-order valence-electron chi connectivity index (χ4n) is 1.77. The highest BCUT2D eigenvalue weighted by Gasteiger charge is 2.07. The Balaban J connectivity index is 2.01. The summed E-state index contributed by atoms with van der Waals surface area (Å²) in [5.41, 5.74) is 2.98. The molecule has 20 heavy (non-hydrogen) atoms. The molecule has 0 atom stereocenters. The minimum Gasteiger partial charge on any atom is -0.370 e. The number of nitrogens with one attached hydrogen (secondary N) is 2. The van der Waals surface area contributed by atoms with Crippen LogP contribution in [0, 0.1) is 0 Å². The van der Waals surface area contributed by atoms with Crippen LogP contribution >= 0.6 is 11.3 Å². The molecule has 0 aliphatic carbocycles. The molecule has 0 bridgehead atoms. The highest BCUT2D eigenvalue weighted by molar-refractivity contribution is 7.07. The van der Waals surface area contributed by atoms with Crippen LogP contribution in [-0.4, -0.2) is 28.0 Å². The van der Waals surface area contributed by atoms with Crippen molar-refractivity contribution in [1.82, 2.24) is 15.0 Å². The smallest absolute Gasteiger partial charge is 0.135 e. The van der Waals surface area contributed by atoms with Gasteiger partial charge in [0.1, 0.15) is 17.5 Å². The summed E-state index contributed by atoms with van der Waals surface area (Å²) in [4.78, 5) is 13.3. The van der Waals surface area contributed by atoms with Crippen molar-refractivity contribution in [2.45, 2.75) is 33.1 Å². The van der Waals surface area contributed by atoms with Gasteiger partial charge in [0.25, 0.3) is 0 Å². The fourth-order valence-corrected chi connectivity index (χ4v) is 2.36. The van der Waals surface area contributed by atoms with Crippen LogP contribution in [0.25, 0.3) is 0 Å². The first-order chi connectivity index (χ1) is 9.69. The van der Waals surface area contributed by atoms with Gasteiger partial charge in [-0.1, -0.05) is 13.8 Å². The second kappa shape index (κ2) is 7.19. The first-order valence-electron chi connectivity index (χ1n) is 6.92. The lowest BCUT2D eigenvalue weighted by atomic mass is 10.2. The van der Waals surface area contributed by atoms with E-state index in [0.29, 0.717) is 5.92 Å². The summed E-state index contributed by atoms with van der Waals surface area (Å²) in [6.45, 7) is 7.94. The first kappa shape index (κ1) is 14.7. The molecule has 0 saturated carbocycles. The average Bonchev–Trinajstić information content (AvgIpc) is 2.92. The predicted molar refractivity (Wildman–Crippen MR) is 84.6 cm³/mol. The first-order valence-corrected chi connectivity index (χ1v) is 7.87. The molecular weight excluding hydrogens is 270 g/mol. The van der Waals surface area contributed by atoms with E-state index < -0.39 is 0 Å². The third kappa shape index (κ3) is 4.16. The Bertz CT molecular complexity index is 524. The molecule has 0 spiro atoms. The Hall–Kier alpha value is -1.69. The van der Waals surface area contributed by atoms with E-state index in [2.05, 4.69) is 51.7 Å². The standard InChI is InChI=1S/C14H21N5S/c1-4-15-12-7-13(19-14(18-12)10(2)3)16-6-5-11-8-20-9-17-11/h7-10H,4-6H2,1-3H3,(H2,15,16,18,19). The molecule has 2 heterocycles. The number of aromatic nitrogens is 3. The van der Waals surface area contributed by atoms with Crippen LogP contribution in [0.2, 0.25) is 0 Å². The molecular formula is C14H21N5S. The summed E-state index contributed by atoms with van der Waals surface area (Å²) < 4.78 is 0. The lowest BCUT2D eigenvalue weighted by molar-refractivity contribution is 0.774. The van der Waals surface area contributed by atoms with Gasteiger partial charge in [-0.2, -0.15) is 0 Å². The second-order valence-electron chi connectivity index (χ2n) is 4.84. The number of thiazole rings is 1. The van der Waals surface area contributed by atoms with Gasteiger partial charge in [0, 0.05) is 36.9 Å². The van der Waals surface area contributed by atoms with Crippen molar-refractivity contribution in [3.8, 4) is 0 Å². The molecule has 0 unspecified atom stereocenters. The zero-order valence-corrected chi connectivity index (χ0v) is 13.0. The largest absolute Gasteiger partial charge is 0.370 e. The molecule has 0 saturated heterocycles. The minimum atomic E-state index is 0.313. The van der Waals surface area contributed by atoms with E-state index in [4.69, 9.17) is 0 Å². The van der Waals surface area contributed by atoms with Crippen molar-refractivity contribution in [1.29, 1.82) is 0 Å². The van der Waals surface area contributed by atoms with Crippen molar-refractivity contribution >= 4 is 23.0 Å². The van der Waals surface area contributed by atoms with Gasteiger partial charge in [-0.05, 0) is 6.92 Å². The van der Waals surface area contributed by atoms with Crippen molar-refractivity contribution in [3.63, 3.8) is 0 Å². The maximum atomic E-state index is 4.55. The van der Waals surface area contributed by atoms with Crippen molar-refractivity contribution < 1.29 is 0 Å². The summed E-state index contributed by atoms with van der Waals surface area (Å²) in [5, 5.41) is 8.67. The molecule has 6 heteroatoms. The van der Waals surface area contributed by atoms with E-state index >= 15 is 0 Å². The van der Waals surface area contributed by atoms with E-state index in [1.807, 2.05) is 11.6 Å². The van der Waals surface area contributed by atoms with Crippen molar-refractivity contribution in [3.05, 3.63) is 28.5 Å². The van der Waals surface area contributed by atoms with E-state index in [1.54, 1.807) is 11.3 Å². The van der Waals surface area contributed by atoms with Crippen molar-refractivity contribution in [2.24, 2.45) is 0 Å². The summed E-state index contributed by atoms with van der Waals surface area (Å²) in [7, 11) is 0. The highest BCUT2D eigenvalue weighted by atomic mass is 32.1. The number of hydrogen-bond donors (Lipinski definition) is 2. The zero-order valence-electron chi connectivity index (χ0n) is 12.2. The van der Waals surface area contributed by atoms with Gasteiger partial charge < -0.3 is 10.6 Å². The van der Waals surface area contributed by atoms with Crippen LogP contribution in [0.4, 0.5) is 11.6 Å². The maximum absolute atomic E-state index is 4.55. The van der Waals surface area contributed by atoms with Crippen LogP contribution in [0.5, 0.6) is 0 Å². The molecule has 0 amide bonds. The lowest BCUT2D eigenvalue weighted by Crippen LogP contribution is -2.11. The molecule has 0 fully saturated rings. The van der Waals surface area contributed by atoms with E-state index in [-0.39, 0.29) is 0 Å². The summed E-state index contributed by atoms with van der Waals surface area (Å²) >= 11 is 1.63. The molecule has 0 aliphatic heterocycles. The SMILES string of the molecule is CCNc1cc(NCCc2cscn2)nc(C(C)C)n1. The van der Waals surface area contributed by atoms with E-state index in [9.17, 15) is 0 Å². The second-order valence-corrected chi connectivity index (χ2v) is 5.56. The molecule has 0 aromatic carbocycles. The Morgan fingerprint density at radius 3 is 2.55 bits per heavy atom. The van der Waals surface area contributed by atoms with Gasteiger partial charge in [0.05, 0.1) is 11.2 Å². The van der Waals surface area contributed by atoms with E-state index in [0.717, 1.165) is 42.7 Å². The maximum Gasteiger partial charge on any atom is 0.135 e. The third-order valence-corrected chi connectivity index (χ3v) is 3.42. The molecule has 0 radical (unpaired) electrons. The van der Waals surface area contributed by atoms with Gasteiger partial charge in [-0.25, -0.2) is 15.0 Å². The molecule has 108 valence electrons. The molecule has 2 rings (SSSR count). The summed E-state index contributed by atoms with van der Waals surface area (Å²) in [6.07, 6.45) is 0.904. The Morgan fingerprint density at radius 1 is 1.20 bits per heavy atom. The highest BCUT2D eigenvalue weighted by Crippen LogP contribution is 2.17. The molecule has 2 N–H and O–H groups in total. The van der Waals surface area contributed by atoms with Gasteiger partial charge in [-0.15, -0.1) is 11.3 Å². The number of rotatable bonds is 7. The monoisotopic (exact) mass is 291 g/mol. The van der Waals surface area contributed by atoms with Crippen LogP contribution in [0.3, 0.4) is 0 Å². The fraction of sp³-hybridized carbons (Fsp3) is 0.500. The Morgan fingerprint density at radius 2 is 1.95 bits per heavy atom. The van der Waals surface area contributed by atoms with Crippen LogP contribution in [-0.2, 0) is 6.42 Å². The quantitative estimate of drug-likeness (QED) is 0.820. The predicted octanol–water partition coefficient (Wildman–Crippen LogP) is 3.14. The summed E-state index contributed by atoms with van der Waals surface area (Å²) in [6, 6.07) is 1.95. The molecule has 2 aromatic rings. The van der Waals surface area contributed by atoms with Crippen LogP contribution in [0.15, 0.2) is 17.0 Å². The van der Waals surface area contributed by atoms with Crippen molar-refractivity contribution in [2.75, 3.05) is 23.7 Å². The normalized spacial score (nSPS) is 10.8. The van der Waals surface area contributed by atoms with Crippen LogP contribution < -0.4 is 10.6 Å². The van der Waals surface area contributed by atoms with Gasteiger partial charge >= 0.3 is 0 Å². The molecule has 0 aliphatic rings. The van der Waals surface area contributed by atoms with Gasteiger partial charge in [-0.3, -0.25) is 0 Å². The topological polar surface area (TPSA) is 62.7 Å². The third-order valence-electron chi connectivity index (χ3n) is 2.79. The minimum absolute atomic E-state index is 0.313. The molecule has 2 aromatic heterocycles. The van der Waals surface area contributed by atoms with Gasteiger partial charge in [0.2, 0.25) is 0 Å². The van der Waals surface area contributed by atoms with Gasteiger partial charge in [0.15, 0.2) is 0 Å². The number of hydrogen-bond acceptors (Lipinski definition) is 6. The Labute approximate surface area is 123 Å².